The molecule has 0 aliphatic rings. The summed E-state index contributed by atoms with van der Waals surface area (Å²) in [5.74, 6) is 0.418. The number of aryl methyl sites for hydroxylation is 1. The van der Waals surface area contributed by atoms with Crippen molar-refractivity contribution in [1.82, 2.24) is 4.98 Å². The molecule has 4 rings (SSSR count). The number of fused-ring (bicyclic) bond motifs is 1. The number of nitrogens with one attached hydrogen (secondary N) is 1. The lowest BCUT2D eigenvalue weighted by atomic mass is 9.96. The quantitative estimate of drug-likeness (QED) is 0.352. The number of thiazole rings is 1. The fraction of sp³-hybridized carbons (Fsp3) is 0.259. The average Bonchev–Trinajstić information content (AvgIpc) is 3.17. The van der Waals surface area contributed by atoms with Crippen molar-refractivity contribution in [3.63, 3.8) is 0 Å². The number of benzene rings is 3. The smallest absolute Gasteiger partial charge is 0.231 e. The second-order valence-corrected chi connectivity index (χ2v) is 9.65. The minimum atomic E-state index is -0.208. The molecular weight excluding hydrogens is 400 g/mol. The number of hydrogen-bond acceptors (Lipinski definition) is 3. The summed E-state index contributed by atoms with van der Waals surface area (Å²) in [6.07, 6.45) is 1.06. The normalized spacial score (nSPS) is 12.3. The number of carbonyl (C=O) groups excluding carboxylic acids is 1. The zero-order valence-electron chi connectivity index (χ0n) is 18.5. The predicted octanol–water partition coefficient (Wildman–Crippen LogP) is 7.21. The molecule has 1 atom stereocenters. The minimum Gasteiger partial charge on any atom is -0.326 e. The van der Waals surface area contributed by atoms with E-state index in [4.69, 9.17) is 4.98 Å². The van der Waals surface area contributed by atoms with Gasteiger partial charge in [0.15, 0.2) is 0 Å². The highest BCUT2D eigenvalue weighted by atomic mass is 32.1. The van der Waals surface area contributed by atoms with Gasteiger partial charge in [-0.1, -0.05) is 44.2 Å². The number of anilines is 1. The van der Waals surface area contributed by atoms with E-state index in [0.29, 0.717) is 5.92 Å². The Morgan fingerprint density at radius 3 is 2.35 bits per heavy atom. The number of carbonyl (C=O) groups is 1. The largest absolute Gasteiger partial charge is 0.326 e. The van der Waals surface area contributed by atoms with E-state index in [1.165, 1.54) is 15.8 Å². The Bertz CT molecular complexity index is 1190. The maximum Gasteiger partial charge on any atom is 0.231 e. The van der Waals surface area contributed by atoms with Crippen LogP contribution in [0.25, 0.3) is 20.8 Å². The Morgan fingerprint density at radius 1 is 0.968 bits per heavy atom. The zero-order chi connectivity index (χ0) is 22.0. The third-order valence-corrected chi connectivity index (χ3v) is 6.53. The molecule has 0 radical (unpaired) electrons. The van der Waals surface area contributed by atoms with Gasteiger partial charge in [0, 0.05) is 11.3 Å². The summed E-state index contributed by atoms with van der Waals surface area (Å²) in [5.41, 5.74) is 6.47. The van der Waals surface area contributed by atoms with Gasteiger partial charge in [-0.2, -0.15) is 0 Å². The van der Waals surface area contributed by atoms with Gasteiger partial charge >= 0.3 is 0 Å². The number of aromatic nitrogens is 1. The van der Waals surface area contributed by atoms with Gasteiger partial charge in [-0.05, 0) is 79.3 Å². The lowest BCUT2D eigenvalue weighted by molar-refractivity contribution is -0.117. The molecule has 158 valence electrons. The SMILES string of the molecule is Cc1ccc2nc(-c3ccc(NC(=O)C(C)c4ccc(CC(C)C)cc4)cc3)sc2c1. The fourth-order valence-corrected chi connectivity index (χ4v) is 4.74. The summed E-state index contributed by atoms with van der Waals surface area (Å²) in [4.78, 5) is 17.5. The molecule has 3 nitrogen and oxygen atoms in total. The molecule has 0 spiro atoms. The Morgan fingerprint density at radius 2 is 1.68 bits per heavy atom. The van der Waals surface area contributed by atoms with Crippen molar-refractivity contribution >= 4 is 33.1 Å². The van der Waals surface area contributed by atoms with Gasteiger partial charge in [-0.15, -0.1) is 11.3 Å². The van der Waals surface area contributed by atoms with Crippen LogP contribution in [-0.4, -0.2) is 10.9 Å². The maximum absolute atomic E-state index is 12.8. The molecule has 0 aliphatic heterocycles. The van der Waals surface area contributed by atoms with Gasteiger partial charge in [0.2, 0.25) is 5.91 Å². The first kappa shape index (κ1) is 21.3. The monoisotopic (exact) mass is 428 g/mol. The van der Waals surface area contributed by atoms with E-state index in [0.717, 1.165) is 33.8 Å². The topological polar surface area (TPSA) is 42.0 Å². The van der Waals surface area contributed by atoms with E-state index in [1.54, 1.807) is 11.3 Å². The number of rotatable bonds is 6. The van der Waals surface area contributed by atoms with Gasteiger partial charge in [0.05, 0.1) is 16.1 Å². The van der Waals surface area contributed by atoms with Crippen LogP contribution in [0, 0.1) is 12.8 Å². The number of hydrogen-bond donors (Lipinski definition) is 1. The molecule has 0 fully saturated rings. The van der Waals surface area contributed by atoms with Gasteiger partial charge in [-0.3, -0.25) is 4.79 Å². The van der Waals surface area contributed by atoms with Gasteiger partial charge < -0.3 is 5.32 Å². The third kappa shape index (κ3) is 5.02. The average molecular weight is 429 g/mol. The molecule has 0 saturated heterocycles. The van der Waals surface area contributed by atoms with Crippen LogP contribution in [0.3, 0.4) is 0 Å². The maximum atomic E-state index is 12.8. The van der Waals surface area contributed by atoms with Crippen LogP contribution in [0.2, 0.25) is 0 Å². The molecule has 1 unspecified atom stereocenters. The highest BCUT2D eigenvalue weighted by Gasteiger charge is 2.16. The molecule has 4 heteroatoms. The van der Waals surface area contributed by atoms with Gasteiger partial charge in [0.1, 0.15) is 5.01 Å². The lowest BCUT2D eigenvalue weighted by Gasteiger charge is -2.14. The highest BCUT2D eigenvalue weighted by Crippen LogP contribution is 2.31. The summed E-state index contributed by atoms with van der Waals surface area (Å²) in [5, 5.41) is 4.04. The van der Waals surface area contributed by atoms with E-state index >= 15 is 0 Å². The summed E-state index contributed by atoms with van der Waals surface area (Å²) in [7, 11) is 0. The molecule has 3 aromatic carbocycles. The Labute approximate surface area is 188 Å². The molecule has 1 aromatic heterocycles. The lowest BCUT2D eigenvalue weighted by Crippen LogP contribution is -2.18. The summed E-state index contributed by atoms with van der Waals surface area (Å²) in [6.45, 7) is 8.47. The Balaban J connectivity index is 1.43. The first-order valence-corrected chi connectivity index (χ1v) is 11.6. The zero-order valence-corrected chi connectivity index (χ0v) is 19.3. The molecule has 4 aromatic rings. The summed E-state index contributed by atoms with van der Waals surface area (Å²) in [6, 6.07) is 22.7. The van der Waals surface area contributed by atoms with Crippen molar-refractivity contribution in [3.8, 4) is 10.6 Å². The van der Waals surface area contributed by atoms with Crippen molar-refractivity contribution in [2.24, 2.45) is 5.92 Å². The van der Waals surface area contributed by atoms with Crippen molar-refractivity contribution in [2.75, 3.05) is 5.32 Å². The Hall–Kier alpha value is -2.98. The van der Waals surface area contributed by atoms with Crippen molar-refractivity contribution in [1.29, 1.82) is 0 Å². The number of nitrogens with zero attached hydrogens (tertiary/aromatic N) is 1. The van der Waals surface area contributed by atoms with Crippen LogP contribution in [-0.2, 0) is 11.2 Å². The van der Waals surface area contributed by atoms with Crippen molar-refractivity contribution in [3.05, 3.63) is 83.4 Å². The standard InChI is InChI=1S/C27H28N2OS/c1-17(2)15-20-6-8-21(9-7-20)19(4)26(30)28-23-12-10-22(11-13-23)27-29-24-14-5-18(3)16-25(24)31-27/h5-14,16-17,19H,15H2,1-4H3,(H,28,30). The highest BCUT2D eigenvalue weighted by molar-refractivity contribution is 7.21. The van der Waals surface area contributed by atoms with Crippen LogP contribution in [0.5, 0.6) is 0 Å². The van der Waals surface area contributed by atoms with Crippen LogP contribution in [0.15, 0.2) is 66.7 Å². The van der Waals surface area contributed by atoms with E-state index in [1.807, 2.05) is 31.2 Å². The molecular formula is C27H28N2OS. The third-order valence-electron chi connectivity index (χ3n) is 5.46. The van der Waals surface area contributed by atoms with Crippen LogP contribution < -0.4 is 5.32 Å². The van der Waals surface area contributed by atoms with E-state index in [2.05, 4.69) is 68.6 Å². The molecule has 0 bridgehead atoms. The molecule has 31 heavy (non-hydrogen) atoms. The second-order valence-electron chi connectivity index (χ2n) is 8.62. The Kier molecular flexibility index (Phi) is 6.19. The van der Waals surface area contributed by atoms with Gasteiger partial charge in [0.25, 0.3) is 0 Å². The first-order valence-electron chi connectivity index (χ1n) is 10.8. The molecule has 0 saturated carbocycles. The molecule has 1 heterocycles. The van der Waals surface area contributed by atoms with E-state index in [9.17, 15) is 4.79 Å². The first-order chi connectivity index (χ1) is 14.9. The minimum absolute atomic E-state index is 0.000165. The second kappa shape index (κ2) is 9.03. The number of amides is 1. The van der Waals surface area contributed by atoms with Crippen LogP contribution >= 0.6 is 11.3 Å². The predicted molar refractivity (Wildman–Crippen MR) is 132 cm³/mol. The van der Waals surface area contributed by atoms with Crippen molar-refractivity contribution < 1.29 is 4.79 Å². The van der Waals surface area contributed by atoms with Crippen LogP contribution in [0.4, 0.5) is 5.69 Å². The van der Waals surface area contributed by atoms with E-state index in [-0.39, 0.29) is 11.8 Å². The molecule has 1 N–H and O–H groups in total. The van der Waals surface area contributed by atoms with Gasteiger partial charge in [-0.25, -0.2) is 4.98 Å². The summed E-state index contributed by atoms with van der Waals surface area (Å²) < 4.78 is 1.20. The molecule has 1 amide bonds. The fourth-order valence-electron chi connectivity index (χ4n) is 3.67. The van der Waals surface area contributed by atoms with E-state index < -0.39 is 0 Å². The molecule has 0 aliphatic carbocycles. The summed E-state index contributed by atoms with van der Waals surface area (Å²) >= 11 is 1.69. The van der Waals surface area contributed by atoms with Crippen molar-refractivity contribution in [2.45, 2.75) is 40.0 Å². The van der Waals surface area contributed by atoms with Crippen LogP contribution in [0.1, 0.15) is 43.4 Å².